The summed E-state index contributed by atoms with van der Waals surface area (Å²) in [5, 5.41) is 3.45. The molecule has 1 atom stereocenters. The summed E-state index contributed by atoms with van der Waals surface area (Å²) in [5.74, 6) is 1.69. The van der Waals surface area contributed by atoms with Gasteiger partial charge >= 0.3 is 0 Å². The molecule has 1 aromatic rings. The minimum absolute atomic E-state index is 0.619. The fourth-order valence-corrected chi connectivity index (χ4v) is 2.39. The predicted octanol–water partition coefficient (Wildman–Crippen LogP) is 2.47. The number of benzene rings is 1. The zero-order valence-corrected chi connectivity index (χ0v) is 9.55. The molecule has 0 aromatic heterocycles. The van der Waals surface area contributed by atoms with Gasteiger partial charge in [0.15, 0.2) is 0 Å². The van der Waals surface area contributed by atoms with Gasteiger partial charge in [0, 0.05) is 12.5 Å². The Balaban J connectivity index is 2.29. The number of rotatable bonds is 2. The minimum atomic E-state index is 0.619. The lowest BCUT2D eigenvalue weighted by molar-refractivity contribution is 0.389. The van der Waals surface area contributed by atoms with E-state index < -0.39 is 0 Å². The molecular weight excluding hydrogens is 186 g/mol. The number of methoxy groups -OCH3 is 1. The fourth-order valence-electron chi connectivity index (χ4n) is 2.39. The van der Waals surface area contributed by atoms with Gasteiger partial charge in [0.05, 0.1) is 7.11 Å². The molecular formula is C13H19NO. The van der Waals surface area contributed by atoms with Crippen LogP contribution < -0.4 is 10.1 Å². The highest BCUT2D eigenvalue weighted by Crippen LogP contribution is 2.33. The molecule has 15 heavy (non-hydrogen) atoms. The van der Waals surface area contributed by atoms with Crippen molar-refractivity contribution >= 4 is 0 Å². The zero-order chi connectivity index (χ0) is 10.7. The third kappa shape index (κ3) is 2.15. The standard InChI is InChI=1S/C13H19NO/c1-10-5-3-7-12(13(10)15-2)11-6-4-8-14-9-11/h3,5,7,11,14H,4,6,8-9H2,1-2H3. The molecule has 0 spiro atoms. The first kappa shape index (κ1) is 10.5. The highest BCUT2D eigenvalue weighted by molar-refractivity contribution is 5.43. The van der Waals surface area contributed by atoms with E-state index in [0.29, 0.717) is 5.92 Å². The second-order valence-electron chi connectivity index (χ2n) is 4.24. The predicted molar refractivity (Wildman–Crippen MR) is 62.6 cm³/mol. The Morgan fingerprint density at radius 2 is 2.27 bits per heavy atom. The molecule has 1 fully saturated rings. The maximum atomic E-state index is 5.50. The summed E-state index contributed by atoms with van der Waals surface area (Å²) < 4.78 is 5.50. The Morgan fingerprint density at radius 1 is 1.40 bits per heavy atom. The molecule has 1 heterocycles. The second kappa shape index (κ2) is 4.67. The van der Waals surface area contributed by atoms with E-state index >= 15 is 0 Å². The molecule has 1 saturated heterocycles. The van der Waals surface area contributed by atoms with Crippen LogP contribution in [0.3, 0.4) is 0 Å². The summed E-state index contributed by atoms with van der Waals surface area (Å²) >= 11 is 0. The smallest absolute Gasteiger partial charge is 0.125 e. The van der Waals surface area contributed by atoms with Crippen LogP contribution in [0, 0.1) is 6.92 Å². The first-order valence-corrected chi connectivity index (χ1v) is 5.67. The van der Waals surface area contributed by atoms with E-state index in [0.717, 1.165) is 18.8 Å². The van der Waals surface area contributed by atoms with E-state index in [1.54, 1.807) is 7.11 Å². The van der Waals surface area contributed by atoms with Gasteiger partial charge in [-0.25, -0.2) is 0 Å². The number of piperidine rings is 1. The lowest BCUT2D eigenvalue weighted by Gasteiger charge is -2.25. The van der Waals surface area contributed by atoms with Crippen LogP contribution in [0.25, 0.3) is 0 Å². The summed E-state index contributed by atoms with van der Waals surface area (Å²) in [6.45, 7) is 4.35. The topological polar surface area (TPSA) is 21.3 Å². The highest BCUT2D eigenvalue weighted by atomic mass is 16.5. The van der Waals surface area contributed by atoms with Crippen LogP contribution in [-0.4, -0.2) is 20.2 Å². The Morgan fingerprint density at radius 3 is 2.93 bits per heavy atom. The van der Waals surface area contributed by atoms with E-state index in [9.17, 15) is 0 Å². The normalized spacial score (nSPS) is 21.3. The van der Waals surface area contributed by atoms with Gasteiger partial charge in [-0.1, -0.05) is 18.2 Å². The maximum Gasteiger partial charge on any atom is 0.125 e. The van der Waals surface area contributed by atoms with Gasteiger partial charge in [-0.2, -0.15) is 0 Å². The van der Waals surface area contributed by atoms with Crippen LogP contribution >= 0.6 is 0 Å². The van der Waals surface area contributed by atoms with Crippen molar-refractivity contribution in [3.8, 4) is 5.75 Å². The van der Waals surface area contributed by atoms with Gasteiger partial charge in [-0.15, -0.1) is 0 Å². The first-order valence-electron chi connectivity index (χ1n) is 5.67. The molecule has 1 unspecified atom stereocenters. The van der Waals surface area contributed by atoms with Crippen molar-refractivity contribution in [2.45, 2.75) is 25.7 Å². The lowest BCUT2D eigenvalue weighted by Crippen LogP contribution is -2.28. The molecule has 2 rings (SSSR count). The molecule has 0 radical (unpaired) electrons. The van der Waals surface area contributed by atoms with Crippen molar-refractivity contribution in [1.29, 1.82) is 0 Å². The molecule has 1 N–H and O–H groups in total. The van der Waals surface area contributed by atoms with E-state index in [-0.39, 0.29) is 0 Å². The maximum absolute atomic E-state index is 5.50. The summed E-state index contributed by atoms with van der Waals surface area (Å²) in [7, 11) is 1.77. The summed E-state index contributed by atoms with van der Waals surface area (Å²) in [6.07, 6.45) is 2.54. The van der Waals surface area contributed by atoms with Crippen LogP contribution in [0.4, 0.5) is 0 Å². The number of para-hydroxylation sites is 1. The van der Waals surface area contributed by atoms with Gasteiger partial charge < -0.3 is 10.1 Å². The fraction of sp³-hybridized carbons (Fsp3) is 0.538. The Labute approximate surface area is 91.6 Å². The summed E-state index contributed by atoms with van der Waals surface area (Å²) in [5.41, 5.74) is 2.60. The number of ether oxygens (including phenoxy) is 1. The number of hydrogen-bond acceptors (Lipinski definition) is 2. The molecule has 82 valence electrons. The molecule has 0 aliphatic carbocycles. The van der Waals surface area contributed by atoms with Crippen molar-refractivity contribution in [3.63, 3.8) is 0 Å². The van der Waals surface area contributed by atoms with Crippen molar-refractivity contribution in [2.24, 2.45) is 0 Å². The molecule has 1 aliphatic heterocycles. The third-order valence-electron chi connectivity index (χ3n) is 3.18. The third-order valence-corrected chi connectivity index (χ3v) is 3.18. The lowest BCUT2D eigenvalue weighted by atomic mass is 9.90. The van der Waals surface area contributed by atoms with Crippen molar-refractivity contribution in [3.05, 3.63) is 29.3 Å². The van der Waals surface area contributed by atoms with Gasteiger partial charge in [0.1, 0.15) is 5.75 Å². The highest BCUT2D eigenvalue weighted by Gasteiger charge is 2.19. The monoisotopic (exact) mass is 205 g/mol. The van der Waals surface area contributed by atoms with Crippen LogP contribution in [-0.2, 0) is 0 Å². The molecule has 0 amide bonds. The molecule has 2 heteroatoms. The molecule has 1 aliphatic rings. The first-order chi connectivity index (χ1) is 7.33. The summed E-state index contributed by atoms with van der Waals surface area (Å²) in [6, 6.07) is 6.43. The SMILES string of the molecule is COc1c(C)cccc1C1CCCNC1. The Kier molecular flexibility index (Phi) is 3.27. The van der Waals surface area contributed by atoms with Gasteiger partial charge in [-0.3, -0.25) is 0 Å². The van der Waals surface area contributed by atoms with Gasteiger partial charge in [0.2, 0.25) is 0 Å². The summed E-state index contributed by atoms with van der Waals surface area (Å²) in [4.78, 5) is 0. The van der Waals surface area contributed by atoms with Crippen LogP contribution in [0.5, 0.6) is 5.75 Å². The van der Waals surface area contributed by atoms with Crippen LogP contribution in [0.15, 0.2) is 18.2 Å². The van der Waals surface area contributed by atoms with E-state index in [1.165, 1.54) is 24.0 Å². The van der Waals surface area contributed by atoms with E-state index in [4.69, 9.17) is 4.74 Å². The van der Waals surface area contributed by atoms with Crippen molar-refractivity contribution in [1.82, 2.24) is 5.32 Å². The Hall–Kier alpha value is -1.02. The van der Waals surface area contributed by atoms with E-state index in [2.05, 4.69) is 30.4 Å². The average Bonchev–Trinajstić information content (AvgIpc) is 2.30. The minimum Gasteiger partial charge on any atom is -0.496 e. The van der Waals surface area contributed by atoms with Crippen molar-refractivity contribution < 1.29 is 4.74 Å². The largest absolute Gasteiger partial charge is 0.496 e. The molecule has 1 aromatic carbocycles. The Bertz CT molecular complexity index is 329. The van der Waals surface area contributed by atoms with Gasteiger partial charge in [-0.05, 0) is 37.4 Å². The average molecular weight is 205 g/mol. The zero-order valence-electron chi connectivity index (χ0n) is 9.55. The molecule has 2 nitrogen and oxygen atoms in total. The molecule has 0 bridgehead atoms. The quantitative estimate of drug-likeness (QED) is 0.801. The molecule has 0 saturated carbocycles. The van der Waals surface area contributed by atoms with Crippen molar-refractivity contribution in [2.75, 3.05) is 20.2 Å². The van der Waals surface area contributed by atoms with E-state index in [1.807, 2.05) is 0 Å². The van der Waals surface area contributed by atoms with Crippen LogP contribution in [0.1, 0.15) is 29.9 Å². The number of nitrogens with one attached hydrogen (secondary N) is 1. The van der Waals surface area contributed by atoms with Gasteiger partial charge in [0.25, 0.3) is 0 Å². The second-order valence-corrected chi connectivity index (χ2v) is 4.24. The van der Waals surface area contributed by atoms with Crippen LogP contribution in [0.2, 0.25) is 0 Å². The number of hydrogen-bond donors (Lipinski definition) is 1. The number of aryl methyl sites for hydroxylation is 1.